The predicted molar refractivity (Wildman–Crippen MR) is 53.4 cm³/mol. The second kappa shape index (κ2) is 3.97. The standard InChI is InChI=1S/C11H17NO/c1-10-4-2-3-5-11(10)12-6-8-13-9-7-12/h2-3,5,10H,4,6-9H2,1H3. The molecule has 0 aromatic rings. The summed E-state index contributed by atoms with van der Waals surface area (Å²) in [5.74, 6) is 0.683. The van der Waals surface area contributed by atoms with Gasteiger partial charge in [-0.3, -0.25) is 0 Å². The van der Waals surface area contributed by atoms with Crippen LogP contribution in [0.4, 0.5) is 0 Å². The smallest absolute Gasteiger partial charge is 0.0642 e. The first kappa shape index (κ1) is 8.82. The first-order chi connectivity index (χ1) is 6.38. The number of morpholine rings is 1. The number of nitrogens with zero attached hydrogens (tertiary/aromatic N) is 1. The van der Waals surface area contributed by atoms with Crippen LogP contribution in [0.2, 0.25) is 0 Å². The van der Waals surface area contributed by atoms with E-state index >= 15 is 0 Å². The van der Waals surface area contributed by atoms with Crippen molar-refractivity contribution < 1.29 is 4.74 Å². The highest BCUT2D eigenvalue weighted by atomic mass is 16.5. The van der Waals surface area contributed by atoms with E-state index in [0.717, 1.165) is 26.3 Å². The van der Waals surface area contributed by atoms with Gasteiger partial charge in [0.1, 0.15) is 0 Å². The van der Waals surface area contributed by atoms with Gasteiger partial charge < -0.3 is 9.64 Å². The third-order valence-electron chi connectivity index (χ3n) is 2.77. The van der Waals surface area contributed by atoms with E-state index in [1.165, 1.54) is 12.1 Å². The summed E-state index contributed by atoms with van der Waals surface area (Å²) in [7, 11) is 0. The fraction of sp³-hybridized carbons (Fsp3) is 0.636. The van der Waals surface area contributed by atoms with Crippen molar-refractivity contribution in [2.75, 3.05) is 26.3 Å². The molecule has 72 valence electrons. The average Bonchev–Trinajstić information content (AvgIpc) is 2.20. The SMILES string of the molecule is CC1CC=CC=C1N1CCOCC1. The fourth-order valence-electron chi connectivity index (χ4n) is 1.97. The van der Waals surface area contributed by atoms with Crippen molar-refractivity contribution in [3.8, 4) is 0 Å². The molecule has 0 bridgehead atoms. The fourth-order valence-corrected chi connectivity index (χ4v) is 1.97. The van der Waals surface area contributed by atoms with E-state index in [4.69, 9.17) is 4.74 Å². The van der Waals surface area contributed by atoms with Crippen LogP contribution in [0.1, 0.15) is 13.3 Å². The van der Waals surface area contributed by atoms with E-state index in [1.54, 1.807) is 0 Å². The van der Waals surface area contributed by atoms with Gasteiger partial charge in [0.2, 0.25) is 0 Å². The average molecular weight is 179 g/mol. The van der Waals surface area contributed by atoms with E-state index in [1.807, 2.05) is 0 Å². The molecule has 2 nitrogen and oxygen atoms in total. The second-order valence-electron chi connectivity index (χ2n) is 3.76. The Morgan fingerprint density at radius 3 is 2.85 bits per heavy atom. The summed E-state index contributed by atoms with van der Waals surface area (Å²) < 4.78 is 5.34. The molecule has 1 unspecified atom stereocenters. The van der Waals surface area contributed by atoms with Crippen molar-refractivity contribution in [3.05, 3.63) is 23.9 Å². The number of ether oxygens (including phenoxy) is 1. The Morgan fingerprint density at radius 2 is 2.15 bits per heavy atom. The maximum atomic E-state index is 5.34. The number of hydrogen-bond acceptors (Lipinski definition) is 2. The minimum atomic E-state index is 0.683. The van der Waals surface area contributed by atoms with Gasteiger partial charge in [0.25, 0.3) is 0 Å². The van der Waals surface area contributed by atoms with Crippen molar-refractivity contribution >= 4 is 0 Å². The first-order valence-corrected chi connectivity index (χ1v) is 5.07. The first-order valence-electron chi connectivity index (χ1n) is 5.07. The zero-order valence-electron chi connectivity index (χ0n) is 8.20. The molecule has 1 saturated heterocycles. The lowest BCUT2D eigenvalue weighted by molar-refractivity contribution is 0.0490. The van der Waals surface area contributed by atoms with Gasteiger partial charge in [-0.05, 0) is 18.4 Å². The van der Waals surface area contributed by atoms with Crippen LogP contribution in [-0.4, -0.2) is 31.2 Å². The van der Waals surface area contributed by atoms with Gasteiger partial charge in [-0.2, -0.15) is 0 Å². The van der Waals surface area contributed by atoms with Crippen LogP contribution >= 0.6 is 0 Å². The number of allylic oxidation sites excluding steroid dienone is 4. The molecule has 13 heavy (non-hydrogen) atoms. The van der Waals surface area contributed by atoms with E-state index in [0.29, 0.717) is 5.92 Å². The van der Waals surface area contributed by atoms with E-state index in [2.05, 4.69) is 30.1 Å². The lowest BCUT2D eigenvalue weighted by atomic mass is 9.97. The number of rotatable bonds is 1. The Bertz CT molecular complexity index is 226. The predicted octanol–water partition coefficient (Wildman–Crippen LogP) is 1.80. The van der Waals surface area contributed by atoms with Crippen LogP contribution < -0.4 is 0 Å². The monoisotopic (exact) mass is 179 g/mol. The molecule has 0 spiro atoms. The molecule has 1 atom stereocenters. The quantitative estimate of drug-likeness (QED) is 0.608. The summed E-state index contributed by atoms with van der Waals surface area (Å²) in [4.78, 5) is 2.46. The van der Waals surface area contributed by atoms with Gasteiger partial charge in [0.15, 0.2) is 0 Å². The van der Waals surface area contributed by atoms with Crippen LogP contribution in [0.15, 0.2) is 23.9 Å². The topological polar surface area (TPSA) is 12.5 Å². The third-order valence-corrected chi connectivity index (χ3v) is 2.77. The molecular weight excluding hydrogens is 162 g/mol. The molecule has 1 fully saturated rings. The van der Waals surface area contributed by atoms with Gasteiger partial charge in [-0.25, -0.2) is 0 Å². The third kappa shape index (κ3) is 1.94. The summed E-state index contributed by atoms with van der Waals surface area (Å²) in [6.07, 6.45) is 7.85. The van der Waals surface area contributed by atoms with Crippen molar-refractivity contribution in [1.29, 1.82) is 0 Å². The molecule has 2 aliphatic rings. The summed E-state index contributed by atoms with van der Waals surface area (Å²) in [6, 6.07) is 0. The number of hydrogen-bond donors (Lipinski definition) is 0. The van der Waals surface area contributed by atoms with E-state index in [-0.39, 0.29) is 0 Å². The van der Waals surface area contributed by atoms with Crippen molar-refractivity contribution in [1.82, 2.24) is 4.90 Å². The van der Waals surface area contributed by atoms with Crippen LogP contribution in [0, 0.1) is 5.92 Å². The van der Waals surface area contributed by atoms with E-state index in [9.17, 15) is 0 Å². The molecule has 0 saturated carbocycles. The van der Waals surface area contributed by atoms with Gasteiger partial charge in [-0.15, -0.1) is 0 Å². The largest absolute Gasteiger partial charge is 0.378 e. The maximum absolute atomic E-state index is 5.34. The van der Waals surface area contributed by atoms with Gasteiger partial charge >= 0.3 is 0 Å². The van der Waals surface area contributed by atoms with Crippen molar-refractivity contribution in [2.45, 2.75) is 13.3 Å². The Balaban J connectivity index is 2.04. The van der Waals surface area contributed by atoms with Crippen LogP contribution in [0.5, 0.6) is 0 Å². The summed E-state index contributed by atoms with van der Waals surface area (Å²) in [5, 5.41) is 0. The zero-order chi connectivity index (χ0) is 9.10. The molecule has 0 aromatic carbocycles. The van der Waals surface area contributed by atoms with Gasteiger partial charge in [0, 0.05) is 18.8 Å². The molecule has 0 N–H and O–H groups in total. The molecule has 0 radical (unpaired) electrons. The summed E-state index contributed by atoms with van der Waals surface area (Å²) in [6.45, 7) is 6.18. The van der Waals surface area contributed by atoms with Crippen LogP contribution in [-0.2, 0) is 4.74 Å². The Labute approximate surface area is 79.9 Å². The molecule has 0 amide bonds. The normalized spacial score (nSPS) is 28.8. The molecular formula is C11H17NO. The summed E-state index contributed by atoms with van der Waals surface area (Å²) in [5.41, 5.74) is 1.49. The van der Waals surface area contributed by atoms with Crippen LogP contribution in [0.3, 0.4) is 0 Å². The Kier molecular flexibility index (Phi) is 2.69. The Morgan fingerprint density at radius 1 is 1.38 bits per heavy atom. The lowest BCUT2D eigenvalue weighted by Gasteiger charge is -2.34. The van der Waals surface area contributed by atoms with Crippen molar-refractivity contribution in [3.63, 3.8) is 0 Å². The molecule has 2 heteroatoms. The molecule has 1 aliphatic heterocycles. The van der Waals surface area contributed by atoms with Crippen molar-refractivity contribution in [2.24, 2.45) is 5.92 Å². The molecule has 1 heterocycles. The van der Waals surface area contributed by atoms with E-state index < -0.39 is 0 Å². The maximum Gasteiger partial charge on any atom is 0.0642 e. The Hall–Kier alpha value is -0.760. The zero-order valence-corrected chi connectivity index (χ0v) is 8.20. The second-order valence-corrected chi connectivity index (χ2v) is 3.76. The highest BCUT2D eigenvalue weighted by Crippen LogP contribution is 2.23. The lowest BCUT2D eigenvalue weighted by Crippen LogP contribution is -2.37. The highest BCUT2D eigenvalue weighted by Gasteiger charge is 2.18. The molecule has 0 aromatic heterocycles. The minimum Gasteiger partial charge on any atom is -0.378 e. The minimum absolute atomic E-state index is 0.683. The highest BCUT2D eigenvalue weighted by molar-refractivity contribution is 5.19. The molecule has 1 aliphatic carbocycles. The van der Waals surface area contributed by atoms with Gasteiger partial charge in [0.05, 0.1) is 13.2 Å². The van der Waals surface area contributed by atoms with Crippen LogP contribution in [0.25, 0.3) is 0 Å². The summed E-state index contributed by atoms with van der Waals surface area (Å²) >= 11 is 0. The molecule has 2 rings (SSSR count). The van der Waals surface area contributed by atoms with Gasteiger partial charge in [-0.1, -0.05) is 19.1 Å².